The van der Waals surface area contributed by atoms with Gasteiger partial charge >= 0.3 is 12.0 Å². The van der Waals surface area contributed by atoms with E-state index in [-0.39, 0.29) is 6.03 Å². The Morgan fingerprint density at radius 3 is 2.14 bits per heavy atom. The smallest absolute Gasteiger partial charge is 0.325 e. The fourth-order valence-corrected chi connectivity index (χ4v) is 4.27. The molecule has 6 nitrogen and oxygen atoms in total. The van der Waals surface area contributed by atoms with E-state index in [9.17, 15) is 9.59 Å². The first-order valence-electron chi connectivity index (χ1n) is 11.7. The third kappa shape index (κ3) is 9.37. The lowest BCUT2D eigenvalue weighted by molar-refractivity contribution is -0.138. The average Bonchev–Trinajstić information content (AvgIpc) is 2.88. The Labute approximate surface area is 211 Å². The van der Waals surface area contributed by atoms with E-state index in [0.29, 0.717) is 26.1 Å². The summed E-state index contributed by atoms with van der Waals surface area (Å²) in [6.45, 7) is 3.01. The number of carboxylic acid groups (broad SMARTS) is 1. The van der Waals surface area contributed by atoms with Crippen LogP contribution in [0.25, 0.3) is 0 Å². The zero-order valence-electron chi connectivity index (χ0n) is 19.9. The number of aliphatic carboxylic acids is 1. The second-order valence-electron chi connectivity index (χ2n) is 8.20. The number of hydrogen-bond donors (Lipinski definition) is 2. The molecule has 184 valence electrons. The summed E-state index contributed by atoms with van der Waals surface area (Å²) in [5, 5.41) is 11.7. The van der Waals surface area contributed by atoms with E-state index in [1.165, 1.54) is 12.5 Å². The number of hydrogen-bond acceptors (Lipinski definition) is 4. The minimum Gasteiger partial charge on any atom is -0.489 e. The summed E-state index contributed by atoms with van der Waals surface area (Å²) in [5.41, 5.74) is 3.43. The third-order valence-corrected chi connectivity index (χ3v) is 6.47. The number of ether oxygens (including phenoxy) is 1. The van der Waals surface area contributed by atoms with Gasteiger partial charge in [0.1, 0.15) is 18.4 Å². The molecule has 7 heteroatoms. The van der Waals surface area contributed by atoms with Gasteiger partial charge in [-0.1, -0.05) is 72.8 Å². The van der Waals surface area contributed by atoms with Gasteiger partial charge in [0.25, 0.3) is 0 Å². The maximum absolute atomic E-state index is 12.7. The predicted octanol–water partition coefficient (Wildman–Crippen LogP) is 5.23. The van der Waals surface area contributed by atoms with E-state index in [2.05, 4.69) is 17.4 Å². The maximum Gasteiger partial charge on any atom is 0.325 e. The van der Waals surface area contributed by atoms with Crippen LogP contribution in [0.3, 0.4) is 0 Å². The summed E-state index contributed by atoms with van der Waals surface area (Å²) in [7, 11) is 0. The van der Waals surface area contributed by atoms with Gasteiger partial charge in [0.2, 0.25) is 0 Å². The highest BCUT2D eigenvalue weighted by Crippen LogP contribution is 2.16. The summed E-state index contributed by atoms with van der Waals surface area (Å²) in [4.78, 5) is 25.6. The lowest BCUT2D eigenvalue weighted by atomic mass is 10.1. The van der Waals surface area contributed by atoms with Crippen LogP contribution < -0.4 is 10.1 Å². The zero-order valence-corrected chi connectivity index (χ0v) is 20.7. The molecule has 0 aliphatic heterocycles. The molecule has 0 radical (unpaired) electrons. The number of urea groups is 1. The first-order valence-corrected chi connectivity index (χ1v) is 12.8. The molecule has 0 aliphatic rings. The van der Waals surface area contributed by atoms with Crippen LogP contribution in [-0.2, 0) is 23.6 Å². The van der Waals surface area contributed by atoms with Gasteiger partial charge in [-0.15, -0.1) is 0 Å². The molecule has 0 fully saturated rings. The molecule has 0 aliphatic carbocycles. The van der Waals surface area contributed by atoms with Gasteiger partial charge in [0.15, 0.2) is 0 Å². The Morgan fingerprint density at radius 2 is 1.51 bits per heavy atom. The summed E-state index contributed by atoms with van der Waals surface area (Å²) >= 11 is 1.75. The van der Waals surface area contributed by atoms with Crippen LogP contribution >= 0.6 is 11.8 Å². The second kappa shape index (κ2) is 14.1. The first kappa shape index (κ1) is 26.2. The topological polar surface area (TPSA) is 78.9 Å². The normalized spacial score (nSPS) is 11.5. The van der Waals surface area contributed by atoms with Crippen molar-refractivity contribution in [1.29, 1.82) is 0 Å². The largest absolute Gasteiger partial charge is 0.489 e. The third-order valence-electron chi connectivity index (χ3n) is 5.46. The van der Waals surface area contributed by atoms with Crippen LogP contribution in [0.4, 0.5) is 4.79 Å². The number of benzene rings is 3. The Hall–Kier alpha value is -3.45. The highest BCUT2D eigenvalue weighted by molar-refractivity contribution is 7.98. The monoisotopic (exact) mass is 492 g/mol. The number of nitrogens with zero attached hydrogens (tertiary/aromatic N) is 1. The molecular formula is C28H32N2O4S. The lowest BCUT2D eigenvalue weighted by Crippen LogP contribution is -2.48. The van der Waals surface area contributed by atoms with Gasteiger partial charge in [-0.05, 0) is 42.2 Å². The molecule has 2 N–H and O–H groups in total. The van der Waals surface area contributed by atoms with Crippen molar-refractivity contribution in [3.8, 4) is 5.75 Å². The van der Waals surface area contributed by atoms with Crippen molar-refractivity contribution < 1.29 is 19.4 Å². The molecule has 0 heterocycles. The standard InChI is InChI=1S/C28H32N2O4S/c1-22(27(31)32)29-28(33)30(18-19-35-21-25-10-6-3-7-11-25)17-16-23-12-14-26(15-13-23)34-20-24-8-4-2-5-9-24/h2-15,22H,16-21H2,1H3,(H,29,33)(H,31,32). The summed E-state index contributed by atoms with van der Waals surface area (Å²) < 4.78 is 5.85. The van der Waals surface area contributed by atoms with Crippen molar-refractivity contribution in [3.05, 3.63) is 102 Å². The van der Waals surface area contributed by atoms with Gasteiger partial charge in [-0.25, -0.2) is 4.79 Å². The number of nitrogens with one attached hydrogen (secondary N) is 1. The molecule has 3 aromatic carbocycles. The van der Waals surface area contributed by atoms with E-state index in [0.717, 1.165) is 28.4 Å². The highest BCUT2D eigenvalue weighted by atomic mass is 32.2. The number of rotatable bonds is 13. The van der Waals surface area contributed by atoms with Gasteiger partial charge in [0.05, 0.1) is 0 Å². The Kier molecular flexibility index (Phi) is 10.5. The van der Waals surface area contributed by atoms with Crippen LogP contribution in [0.15, 0.2) is 84.9 Å². The predicted molar refractivity (Wildman–Crippen MR) is 141 cm³/mol. The second-order valence-corrected chi connectivity index (χ2v) is 9.31. The fourth-order valence-electron chi connectivity index (χ4n) is 3.35. The molecule has 0 saturated heterocycles. The Morgan fingerprint density at radius 1 is 0.886 bits per heavy atom. The summed E-state index contributed by atoms with van der Waals surface area (Å²) in [6, 6.07) is 26.8. The fraction of sp³-hybridized carbons (Fsp3) is 0.286. The van der Waals surface area contributed by atoms with E-state index >= 15 is 0 Å². The summed E-state index contributed by atoms with van der Waals surface area (Å²) in [5.74, 6) is 1.37. The lowest BCUT2D eigenvalue weighted by Gasteiger charge is -2.24. The van der Waals surface area contributed by atoms with Crippen LogP contribution in [-0.4, -0.2) is 46.9 Å². The zero-order chi connectivity index (χ0) is 24.9. The van der Waals surface area contributed by atoms with Crippen molar-refractivity contribution in [2.45, 2.75) is 31.7 Å². The molecule has 0 bridgehead atoms. The average molecular weight is 493 g/mol. The molecule has 1 atom stereocenters. The summed E-state index contributed by atoms with van der Waals surface area (Å²) in [6.07, 6.45) is 0.664. The number of carbonyl (C=O) groups is 2. The Balaban J connectivity index is 1.51. The van der Waals surface area contributed by atoms with Crippen molar-refractivity contribution in [2.75, 3.05) is 18.8 Å². The number of amides is 2. The van der Waals surface area contributed by atoms with Crippen molar-refractivity contribution >= 4 is 23.8 Å². The van der Waals surface area contributed by atoms with Crippen LogP contribution in [0, 0.1) is 0 Å². The van der Waals surface area contributed by atoms with Gasteiger partial charge in [0, 0.05) is 24.6 Å². The van der Waals surface area contributed by atoms with Gasteiger partial charge < -0.3 is 20.1 Å². The SMILES string of the molecule is CC(NC(=O)N(CCSCc1ccccc1)CCc1ccc(OCc2ccccc2)cc1)C(=O)O. The van der Waals surface area contributed by atoms with Gasteiger partial charge in [-0.2, -0.15) is 11.8 Å². The quantitative estimate of drug-likeness (QED) is 0.320. The molecule has 1 unspecified atom stereocenters. The molecule has 0 saturated carbocycles. The molecule has 3 aromatic rings. The van der Waals surface area contributed by atoms with Crippen molar-refractivity contribution in [2.24, 2.45) is 0 Å². The number of carboxylic acids is 1. The van der Waals surface area contributed by atoms with E-state index < -0.39 is 12.0 Å². The molecular weight excluding hydrogens is 460 g/mol. The first-order chi connectivity index (χ1) is 17.0. The molecule has 2 amide bonds. The van der Waals surface area contributed by atoms with Crippen molar-refractivity contribution in [1.82, 2.24) is 10.2 Å². The minimum absolute atomic E-state index is 0.358. The van der Waals surface area contributed by atoms with E-state index in [4.69, 9.17) is 9.84 Å². The van der Waals surface area contributed by atoms with E-state index in [1.54, 1.807) is 16.7 Å². The molecule has 0 aromatic heterocycles. The molecule has 3 rings (SSSR count). The molecule has 35 heavy (non-hydrogen) atoms. The van der Waals surface area contributed by atoms with Gasteiger partial charge in [-0.3, -0.25) is 4.79 Å². The molecule has 0 spiro atoms. The minimum atomic E-state index is -1.05. The number of carbonyl (C=O) groups excluding carboxylic acids is 1. The van der Waals surface area contributed by atoms with E-state index in [1.807, 2.05) is 72.8 Å². The van der Waals surface area contributed by atoms with Crippen LogP contribution in [0.2, 0.25) is 0 Å². The van der Waals surface area contributed by atoms with Crippen molar-refractivity contribution in [3.63, 3.8) is 0 Å². The Bertz CT molecular complexity index is 1050. The van der Waals surface area contributed by atoms with Crippen LogP contribution in [0.1, 0.15) is 23.6 Å². The highest BCUT2D eigenvalue weighted by Gasteiger charge is 2.19. The number of thioether (sulfide) groups is 1. The maximum atomic E-state index is 12.7. The van der Waals surface area contributed by atoms with Crippen LogP contribution in [0.5, 0.6) is 5.75 Å².